The molecule has 9 heteroatoms. The first kappa shape index (κ1) is 19.5. The van der Waals surface area contributed by atoms with Crippen LogP contribution in [-0.4, -0.2) is 51.9 Å². The summed E-state index contributed by atoms with van der Waals surface area (Å²) in [6.45, 7) is 6.04. The number of piperidine rings is 1. The van der Waals surface area contributed by atoms with Gasteiger partial charge in [0.25, 0.3) is 0 Å². The van der Waals surface area contributed by atoms with E-state index in [1.807, 2.05) is 12.1 Å². The molecule has 146 valence electrons. The number of oxazole rings is 1. The number of nitrogens with zero attached hydrogens (tertiary/aromatic N) is 3. The van der Waals surface area contributed by atoms with E-state index in [-0.39, 0.29) is 12.1 Å². The molecule has 2 aromatic rings. The van der Waals surface area contributed by atoms with Crippen LogP contribution in [0.15, 0.2) is 27.1 Å². The SMILES string of the molecule is CC(C)(C)OC(=O)N(c1nc2cccc(Br)c2o1)C1CCN(C(=O)O)CC1. The number of carboxylic acid groups (broad SMARTS) is 1. The van der Waals surface area contributed by atoms with Gasteiger partial charge >= 0.3 is 18.2 Å². The standard InChI is InChI=1S/C18H22BrN3O5/c1-18(2,3)27-17(25)22(11-7-9-21(10-8-11)16(23)24)15-20-13-6-4-5-12(19)14(13)26-15/h4-6,11H,7-10H2,1-3H3,(H,23,24). The minimum atomic E-state index is -0.955. The Bertz CT molecular complexity index is 852. The maximum atomic E-state index is 12.9. The van der Waals surface area contributed by atoms with E-state index in [4.69, 9.17) is 14.3 Å². The fraction of sp³-hybridized carbons (Fsp3) is 0.500. The molecule has 8 nitrogen and oxygen atoms in total. The second-order valence-corrected chi connectivity index (χ2v) is 8.29. The normalized spacial score (nSPS) is 15.8. The number of hydrogen-bond donors (Lipinski definition) is 1. The van der Waals surface area contributed by atoms with Crippen LogP contribution in [0, 0.1) is 0 Å². The van der Waals surface area contributed by atoms with Crippen molar-refractivity contribution >= 4 is 45.2 Å². The molecule has 1 N–H and O–H groups in total. The summed E-state index contributed by atoms with van der Waals surface area (Å²) in [4.78, 5) is 31.3. The van der Waals surface area contributed by atoms with Crippen LogP contribution in [-0.2, 0) is 4.74 Å². The summed E-state index contributed by atoms with van der Waals surface area (Å²) in [6.07, 6.45) is -0.557. The van der Waals surface area contributed by atoms with Gasteiger partial charge in [-0.1, -0.05) is 6.07 Å². The first-order chi connectivity index (χ1) is 12.7. The predicted molar refractivity (Wildman–Crippen MR) is 103 cm³/mol. The number of ether oxygens (including phenoxy) is 1. The molecule has 0 saturated carbocycles. The Morgan fingerprint density at radius 2 is 2.00 bits per heavy atom. The van der Waals surface area contributed by atoms with Crippen molar-refractivity contribution in [3.63, 3.8) is 0 Å². The monoisotopic (exact) mass is 439 g/mol. The fourth-order valence-corrected chi connectivity index (χ4v) is 3.45. The van der Waals surface area contributed by atoms with Crippen molar-refractivity contribution in [1.29, 1.82) is 0 Å². The Morgan fingerprint density at radius 1 is 1.33 bits per heavy atom. The van der Waals surface area contributed by atoms with Gasteiger partial charge in [0.15, 0.2) is 5.58 Å². The first-order valence-electron chi connectivity index (χ1n) is 8.71. The number of carbonyl (C=O) groups is 2. The zero-order chi connectivity index (χ0) is 19.8. The average molecular weight is 440 g/mol. The summed E-state index contributed by atoms with van der Waals surface area (Å²) in [5.41, 5.74) is 0.490. The van der Waals surface area contributed by atoms with Crippen molar-refractivity contribution < 1.29 is 23.8 Å². The Balaban J connectivity index is 1.93. The molecule has 1 aliphatic rings. The van der Waals surface area contributed by atoms with Gasteiger partial charge in [-0.2, -0.15) is 4.98 Å². The van der Waals surface area contributed by atoms with Gasteiger partial charge in [-0.15, -0.1) is 0 Å². The number of benzene rings is 1. The maximum Gasteiger partial charge on any atom is 0.418 e. The van der Waals surface area contributed by atoms with Crippen molar-refractivity contribution in [2.45, 2.75) is 45.3 Å². The molecule has 0 unspecified atom stereocenters. The second kappa shape index (κ2) is 7.38. The van der Waals surface area contributed by atoms with Gasteiger partial charge in [0.2, 0.25) is 0 Å². The number of likely N-dealkylation sites (tertiary alicyclic amines) is 1. The second-order valence-electron chi connectivity index (χ2n) is 7.44. The van der Waals surface area contributed by atoms with E-state index >= 15 is 0 Å². The highest BCUT2D eigenvalue weighted by Crippen LogP contribution is 2.32. The molecule has 0 aliphatic carbocycles. The van der Waals surface area contributed by atoms with Crippen LogP contribution in [0.1, 0.15) is 33.6 Å². The topological polar surface area (TPSA) is 96.1 Å². The molecule has 1 fully saturated rings. The molecular formula is C18H22BrN3O5. The van der Waals surface area contributed by atoms with Gasteiger partial charge in [-0.25, -0.2) is 14.5 Å². The molecular weight excluding hydrogens is 418 g/mol. The predicted octanol–water partition coefficient (Wildman–Crippen LogP) is 4.47. The van der Waals surface area contributed by atoms with E-state index in [1.54, 1.807) is 26.8 Å². The highest BCUT2D eigenvalue weighted by molar-refractivity contribution is 9.10. The molecule has 2 amide bonds. The molecule has 0 spiro atoms. The Labute approximate surface area is 165 Å². The number of para-hydroxylation sites is 1. The Hall–Kier alpha value is -2.29. The van der Waals surface area contributed by atoms with Crippen LogP contribution < -0.4 is 4.90 Å². The molecule has 1 aromatic carbocycles. The smallest absolute Gasteiger partial charge is 0.418 e. The van der Waals surface area contributed by atoms with E-state index in [0.29, 0.717) is 37.0 Å². The lowest BCUT2D eigenvalue weighted by Gasteiger charge is -2.36. The molecule has 1 aromatic heterocycles. The van der Waals surface area contributed by atoms with Gasteiger partial charge in [0, 0.05) is 19.1 Å². The van der Waals surface area contributed by atoms with Gasteiger partial charge in [0.05, 0.1) is 4.47 Å². The van der Waals surface area contributed by atoms with Crippen molar-refractivity contribution in [1.82, 2.24) is 9.88 Å². The molecule has 0 radical (unpaired) electrons. The van der Waals surface area contributed by atoms with Crippen molar-refractivity contribution in [3.8, 4) is 0 Å². The van der Waals surface area contributed by atoms with Crippen molar-refractivity contribution in [2.75, 3.05) is 18.0 Å². The van der Waals surface area contributed by atoms with Crippen LogP contribution in [0.3, 0.4) is 0 Å². The van der Waals surface area contributed by atoms with E-state index in [9.17, 15) is 9.59 Å². The number of halogens is 1. The van der Waals surface area contributed by atoms with Gasteiger partial charge in [0.1, 0.15) is 11.1 Å². The largest absolute Gasteiger partial charge is 0.465 e. The zero-order valence-corrected chi connectivity index (χ0v) is 17.0. The summed E-state index contributed by atoms with van der Waals surface area (Å²) in [6, 6.07) is 5.36. The fourth-order valence-electron chi connectivity index (χ4n) is 3.02. The zero-order valence-electron chi connectivity index (χ0n) is 15.4. The first-order valence-corrected chi connectivity index (χ1v) is 9.50. The third-order valence-corrected chi connectivity index (χ3v) is 4.88. The Morgan fingerprint density at radius 3 is 2.56 bits per heavy atom. The van der Waals surface area contributed by atoms with Crippen LogP contribution in [0.4, 0.5) is 15.6 Å². The lowest BCUT2D eigenvalue weighted by Crippen LogP contribution is -2.50. The molecule has 1 saturated heterocycles. The summed E-state index contributed by atoms with van der Waals surface area (Å²) in [7, 11) is 0. The lowest BCUT2D eigenvalue weighted by molar-refractivity contribution is 0.0541. The summed E-state index contributed by atoms with van der Waals surface area (Å²) < 4.78 is 12.2. The quantitative estimate of drug-likeness (QED) is 0.740. The number of hydrogen-bond acceptors (Lipinski definition) is 5. The number of fused-ring (bicyclic) bond motifs is 1. The van der Waals surface area contributed by atoms with E-state index in [0.717, 1.165) is 4.47 Å². The van der Waals surface area contributed by atoms with E-state index < -0.39 is 17.8 Å². The highest BCUT2D eigenvalue weighted by Gasteiger charge is 2.36. The van der Waals surface area contributed by atoms with Crippen LogP contribution in [0.25, 0.3) is 11.1 Å². The molecule has 0 bridgehead atoms. The number of anilines is 1. The number of amides is 2. The van der Waals surface area contributed by atoms with Crippen LogP contribution in [0.2, 0.25) is 0 Å². The molecule has 3 rings (SSSR count). The van der Waals surface area contributed by atoms with Gasteiger partial charge in [-0.3, -0.25) is 0 Å². The van der Waals surface area contributed by atoms with Crippen LogP contribution in [0.5, 0.6) is 0 Å². The number of aromatic nitrogens is 1. The highest BCUT2D eigenvalue weighted by atomic mass is 79.9. The molecule has 27 heavy (non-hydrogen) atoms. The lowest BCUT2D eigenvalue weighted by atomic mass is 10.0. The summed E-state index contributed by atoms with van der Waals surface area (Å²) in [5.74, 6) is 0. The summed E-state index contributed by atoms with van der Waals surface area (Å²) in [5, 5.41) is 9.15. The minimum absolute atomic E-state index is 0.153. The summed E-state index contributed by atoms with van der Waals surface area (Å²) >= 11 is 3.42. The third-order valence-electron chi connectivity index (χ3n) is 4.25. The van der Waals surface area contributed by atoms with E-state index in [1.165, 1.54) is 9.80 Å². The molecule has 0 atom stereocenters. The minimum Gasteiger partial charge on any atom is -0.465 e. The Kier molecular flexibility index (Phi) is 5.32. The average Bonchev–Trinajstić information content (AvgIpc) is 2.99. The maximum absolute atomic E-state index is 12.9. The molecule has 1 aliphatic heterocycles. The molecule has 2 heterocycles. The number of carbonyl (C=O) groups excluding carboxylic acids is 1. The van der Waals surface area contributed by atoms with Crippen LogP contribution >= 0.6 is 15.9 Å². The van der Waals surface area contributed by atoms with Gasteiger partial charge < -0.3 is 19.2 Å². The number of rotatable bonds is 2. The third kappa shape index (κ3) is 4.35. The van der Waals surface area contributed by atoms with E-state index in [2.05, 4.69) is 20.9 Å². The van der Waals surface area contributed by atoms with Crippen molar-refractivity contribution in [3.05, 3.63) is 22.7 Å². The van der Waals surface area contributed by atoms with Crippen molar-refractivity contribution in [2.24, 2.45) is 0 Å². The van der Waals surface area contributed by atoms with Gasteiger partial charge in [-0.05, 0) is 61.7 Å².